The number of aliphatic hydroxyl groups is 2. The summed E-state index contributed by atoms with van der Waals surface area (Å²) < 4.78 is 4.66. The van der Waals surface area contributed by atoms with Gasteiger partial charge >= 0.3 is 0 Å². The molecule has 0 aliphatic carbocycles. The monoisotopic (exact) mass is 516 g/mol. The smallest absolute Gasteiger partial charge is 0.0479 e. The Labute approximate surface area is 203 Å². The van der Waals surface area contributed by atoms with Crippen molar-refractivity contribution in [2.24, 2.45) is 10.8 Å². The second-order valence-corrected chi connectivity index (χ2v) is 5.63. The molecule has 0 aromatic rings. The molecule has 3 radical (unpaired) electrons. The van der Waals surface area contributed by atoms with Gasteiger partial charge in [-0.05, 0) is 10.8 Å². The fourth-order valence-electron chi connectivity index (χ4n) is 0.306. The first kappa shape index (κ1) is 43.6. The normalized spacial score (nSPS) is 8.40. The summed E-state index contributed by atoms with van der Waals surface area (Å²) in [4.78, 5) is 0. The van der Waals surface area contributed by atoms with Gasteiger partial charge < -0.3 is 21.9 Å². The number of aliphatic hydroxyl groups excluding tert-OH is 2. The van der Waals surface area contributed by atoms with E-state index in [1.54, 1.807) is 6.92 Å². The maximum Gasteiger partial charge on any atom is 0.0479 e. The summed E-state index contributed by atoms with van der Waals surface area (Å²) in [6.07, 6.45) is 0. The van der Waals surface area contributed by atoms with Crippen LogP contribution in [-0.2, 0) is 103 Å². The minimum atomic E-state index is 0. The molecule has 0 aromatic heterocycles. The Balaban J connectivity index is -0.0000000242. The maximum atomic E-state index is 8.40. The molecule has 0 atom stereocenters. The van der Waals surface area contributed by atoms with Crippen molar-refractivity contribution in [2.75, 3.05) is 13.2 Å². The first-order valence-electron chi connectivity index (χ1n) is 5.62. The first-order valence-corrected chi connectivity index (χ1v) is 5.62. The van der Waals surface area contributed by atoms with Gasteiger partial charge in [0.05, 0.1) is 0 Å². The van der Waals surface area contributed by atoms with E-state index in [9.17, 15) is 0 Å². The third-order valence-corrected chi connectivity index (χ3v) is 1.01. The summed E-state index contributed by atoms with van der Waals surface area (Å²) in [5, 5.41) is 15.2. The SMILES string of the molecule is CC(C)(C)CO.[CH2-]C.[CH2-]O.[CH2-]OCC(C)(C)C.[Y].[Y].[Y]. The van der Waals surface area contributed by atoms with Gasteiger partial charge in [-0.1, -0.05) is 41.5 Å². The van der Waals surface area contributed by atoms with E-state index in [0.717, 1.165) is 6.61 Å². The van der Waals surface area contributed by atoms with E-state index >= 15 is 0 Å². The zero-order chi connectivity index (χ0) is 15.1. The minimum Gasteiger partial charge on any atom is -0.569 e. The van der Waals surface area contributed by atoms with Gasteiger partial charge in [0.2, 0.25) is 0 Å². The van der Waals surface area contributed by atoms with Gasteiger partial charge in [-0.2, -0.15) is 6.92 Å². The van der Waals surface area contributed by atoms with Crippen LogP contribution in [0.3, 0.4) is 0 Å². The molecule has 2 N–H and O–H groups in total. The summed E-state index contributed by atoms with van der Waals surface area (Å²) in [6, 6.07) is 0. The van der Waals surface area contributed by atoms with Crippen LogP contribution in [-0.4, -0.2) is 23.4 Å². The van der Waals surface area contributed by atoms with Crippen molar-refractivity contribution in [2.45, 2.75) is 48.5 Å². The second kappa shape index (κ2) is 30.1. The van der Waals surface area contributed by atoms with Crippen LogP contribution >= 0.6 is 0 Å². The molecule has 0 heterocycles. The Morgan fingerprint density at radius 3 is 1.00 bits per heavy atom. The third kappa shape index (κ3) is 83.2. The Morgan fingerprint density at radius 2 is 1.00 bits per heavy atom. The van der Waals surface area contributed by atoms with Crippen LogP contribution in [0.4, 0.5) is 0 Å². The molecular weight excluding hydrogens is 483 g/mol. The fraction of sp³-hybridized carbons (Fsp3) is 0.786. The van der Waals surface area contributed by atoms with Crippen molar-refractivity contribution in [3.8, 4) is 0 Å². The summed E-state index contributed by atoms with van der Waals surface area (Å²) in [6.45, 7) is 18.3. The third-order valence-electron chi connectivity index (χ3n) is 1.01. The van der Waals surface area contributed by atoms with E-state index in [4.69, 9.17) is 10.2 Å². The van der Waals surface area contributed by atoms with Crippen LogP contribution < -0.4 is 0 Å². The molecule has 0 rings (SSSR count). The summed E-state index contributed by atoms with van der Waals surface area (Å²) in [5.41, 5.74) is 0.363. The van der Waals surface area contributed by atoms with Crippen molar-refractivity contribution in [1.82, 2.24) is 0 Å². The summed E-state index contributed by atoms with van der Waals surface area (Å²) in [5.74, 6) is 0. The molecule has 6 heteroatoms. The van der Waals surface area contributed by atoms with Gasteiger partial charge in [0, 0.05) is 111 Å². The molecule has 0 bridgehead atoms. The second-order valence-electron chi connectivity index (χ2n) is 5.63. The van der Waals surface area contributed by atoms with E-state index in [-0.39, 0.29) is 116 Å². The van der Waals surface area contributed by atoms with Crippen molar-refractivity contribution in [3.05, 3.63) is 21.1 Å². The predicted octanol–water partition coefficient (Wildman–Crippen LogP) is 3.85. The van der Waals surface area contributed by atoms with Crippen LogP contribution in [0.25, 0.3) is 0 Å². The molecule has 0 spiro atoms. The van der Waals surface area contributed by atoms with Crippen LogP contribution in [0.15, 0.2) is 0 Å². The van der Waals surface area contributed by atoms with E-state index in [1.165, 1.54) is 0 Å². The Kier molecular flexibility index (Phi) is 65.6. The van der Waals surface area contributed by atoms with Crippen molar-refractivity contribution in [1.29, 1.82) is 0 Å². The average molecular weight is 516 g/mol. The van der Waals surface area contributed by atoms with E-state index in [2.05, 4.69) is 46.7 Å². The zero-order valence-corrected chi connectivity index (χ0v) is 23.1. The predicted molar refractivity (Wildman–Crippen MR) is 75.6 cm³/mol. The van der Waals surface area contributed by atoms with Gasteiger partial charge in [-0.3, -0.25) is 0 Å². The van der Waals surface area contributed by atoms with Crippen LogP contribution in [0.2, 0.25) is 0 Å². The van der Waals surface area contributed by atoms with Gasteiger partial charge in [-0.25, -0.2) is 14.2 Å². The molecular formula is C14H33O3Y3-3. The average Bonchev–Trinajstić information content (AvgIpc) is 2.22. The van der Waals surface area contributed by atoms with E-state index in [0.29, 0.717) is 0 Å². The standard InChI is InChI=1S/C6H13O.C5H12O.C2H5.CH3O.3Y/c1-6(2,3)5-7-4;1-5(2,3)4-6;2*1-2;;;/h4-5H2,1-3H3;6H,4H2,1-3H3;1H2,2H3;2H,1H2;;;/q-1;;2*-1;;;. The Bertz CT molecular complexity index is 122. The van der Waals surface area contributed by atoms with Crippen LogP contribution in [0, 0.1) is 32.0 Å². The largest absolute Gasteiger partial charge is 0.569 e. The molecule has 119 valence electrons. The van der Waals surface area contributed by atoms with E-state index in [1.807, 2.05) is 20.8 Å². The minimum absolute atomic E-state index is 0. The molecule has 0 amide bonds. The fourth-order valence-corrected chi connectivity index (χ4v) is 0.306. The number of hydrogen-bond donors (Lipinski definition) is 2. The molecule has 0 saturated heterocycles. The Hall–Kier alpha value is 3.19. The van der Waals surface area contributed by atoms with Crippen molar-refractivity contribution >= 4 is 0 Å². The van der Waals surface area contributed by atoms with Crippen LogP contribution in [0.5, 0.6) is 0 Å². The topological polar surface area (TPSA) is 49.7 Å². The quantitative estimate of drug-likeness (QED) is 0.522. The number of hydrogen-bond acceptors (Lipinski definition) is 3. The number of rotatable bonds is 1. The van der Waals surface area contributed by atoms with Gasteiger partial charge in [0.15, 0.2) is 0 Å². The molecule has 3 nitrogen and oxygen atoms in total. The summed E-state index contributed by atoms with van der Waals surface area (Å²) in [7, 11) is 5.52. The van der Waals surface area contributed by atoms with Gasteiger partial charge in [0.1, 0.15) is 0 Å². The molecule has 0 saturated carbocycles. The maximum absolute atomic E-state index is 8.40. The molecule has 0 aromatic carbocycles. The van der Waals surface area contributed by atoms with Gasteiger partial charge in [0.25, 0.3) is 0 Å². The van der Waals surface area contributed by atoms with E-state index < -0.39 is 0 Å². The molecule has 0 fully saturated rings. The number of ether oxygens (including phenoxy) is 1. The van der Waals surface area contributed by atoms with Crippen molar-refractivity contribution in [3.63, 3.8) is 0 Å². The first-order chi connectivity index (χ1) is 7.62. The zero-order valence-electron chi connectivity index (χ0n) is 14.6. The Morgan fingerprint density at radius 1 is 0.800 bits per heavy atom. The molecule has 0 unspecified atom stereocenters. The molecule has 20 heavy (non-hydrogen) atoms. The molecule has 0 aliphatic rings. The van der Waals surface area contributed by atoms with Crippen LogP contribution in [0.1, 0.15) is 48.5 Å². The molecule has 0 aliphatic heterocycles. The summed E-state index contributed by atoms with van der Waals surface area (Å²) >= 11 is 0. The van der Waals surface area contributed by atoms with Gasteiger partial charge in [-0.15, -0.1) is 0 Å². The van der Waals surface area contributed by atoms with Crippen molar-refractivity contribution < 1.29 is 113 Å².